The van der Waals surface area contributed by atoms with Crippen LogP contribution < -0.4 is 5.32 Å². The molecule has 0 aromatic carbocycles. The fourth-order valence-electron chi connectivity index (χ4n) is 3.39. The Morgan fingerprint density at radius 3 is 2.76 bits per heavy atom. The lowest BCUT2D eigenvalue weighted by atomic mass is 9.74. The third-order valence-electron chi connectivity index (χ3n) is 4.49. The summed E-state index contributed by atoms with van der Waals surface area (Å²) >= 11 is 0. The van der Waals surface area contributed by atoms with Gasteiger partial charge in [0, 0.05) is 5.92 Å². The van der Waals surface area contributed by atoms with Crippen molar-refractivity contribution in [2.75, 3.05) is 6.80 Å². The summed E-state index contributed by atoms with van der Waals surface area (Å²) in [6.07, 6.45) is 3.99. The van der Waals surface area contributed by atoms with Crippen molar-refractivity contribution in [3.63, 3.8) is 0 Å². The third kappa shape index (κ3) is 2.84. The van der Waals surface area contributed by atoms with Gasteiger partial charge in [0.1, 0.15) is 13.0 Å². The Kier molecular flexibility index (Phi) is 4.48. The van der Waals surface area contributed by atoms with Crippen LogP contribution in [0, 0.1) is 23.7 Å². The van der Waals surface area contributed by atoms with Crippen molar-refractivity contribution in [1.29, 1.82) is 0 Å². The summed E-state index contributed by atoms with van der Waals surface area (Å²) in [6.45, 7) is 3.81. The Balaban J connectivity index is 1.80. The normalized spacial score (nSPS) is 38.1. The Hall–Kier alpha value is -0.0851. The molecule has 0 aliphatic heterocycles. The monoisotopic (exact) mass is 239 g/mol. The highest BCUT2D eigenvalue weighted by molar-refractivity contribution is 6.08. The summed E-state index contributed by atoms with van der Waals surface area (Å²) < 4.78 is 18.5. The second-order valence-corrected chi connectivity index (χ2v) is 5.64. The average molecular weight is 239 g/mol. The van der Waals surface area contributed by atoms with Gasteiger partial charge < -0.3 is 4.74 Å². The van der Waals surface area contributed by atoms with Gasteiger partial charge in [-0.25, -0.2) is 4.39 Å². The van der Waals surface area contributed by atoms with Crippen molar-refractivity contribution in [1.82, 2.24) is 5.32 Å². The molecule has 0 aromatic heterocycles. The lowest BCUT2D eigenvalue weighted by molar-refractivity contribution is -0.101. The van der Waals surface area contributed by atoms with E-state index in [-0.39, 0.29) is 12.3 Å². The van der Waals surface area contributed by atoms with Crippen molar-refractivity contribution in [3.05, 3.63) is 0 Å². The summed E-state index contributed by atoms with van der Waals surface area (Å²) in [5, 5.41) is 2.86. The molecule has 2 radical (unpaired) electrons. The second kappa shape index (κ2) is 5.70. The molecule has 0 saturated heterocycles. The highest BCUT2D eigenvalue weighted by Gasteiger charge is 2.61. The van der Waals surface area contributed by atoms with Gasteiger partial charge >= 0.3 is 0 Å². The smallest absolute Gasteiger partial charge is 0.142 e. The van der Waals surface area contributed by atoms with Crippen LogP contribution in [0.1, 0.15) is 33.1 Å². The van der Waals surface area contributed by atoms with E-state index in [1.54, 1.807) is 0 Å². The molecule has 6 unspecified atom stereocenters. The van der Waals surface area contributed by atoms with Crippen LogP contribution in [0.2, 0.25) is 6.32 Å². The second-order valence-electron chi connectivity index (χ2n) is 5.64. The van der Waals surface area contributed by atoms with Gasteiger partial charge in [-0.3, -0.25) is 5.32 Å². The molecule has 2 fully saturated rings. The van der Waals surface area contributed by atoms with Crippen LogP contribution in [-0.4, -0.2) is 27.0 Å². The number of alkyl halides is 1. The minimum absolute atomic E-state index is 0.105. The molecule has 0 amide bonds. The van der Waals surface area contributed by atoms with Crippen LogP contribution in [0.4, 0.5) is 4.39 Å². The molecule has 4 heteroatoms. The number of fused-ring (bicyclic) bond motifs is 1. The van der Waals surface area contributed by atoms with Crippen LogP contribution in [0.5, 0.6) is 0 Å². The maximum absolute atomic E-state index is 12.5. The van der Waals surface area contributed by atoms with E-state index in [0.29, 0.717) is 18.2 Å². The first-order valence-electron chi connectivity index (χ1n) is 6.84. The van der Waals surface area contributed by atoms with Crippen molar-refractivity contribution in [3.8, 4) is 0 Å². The maximum atomic E-state index is 12.5. The highest BCUT2D eigenvalue weighted by Crippen LogP contribution is 2.64. The molecule has 96 valence electrons. The third-order valence-corrected chi connectivity index (χ3v) is 4.49. The highest BCUT2D eigenvalue weighted by atomic mass is 19.1. The molecule has 2 nitrogen and oxygen atoms in total. The van der Waals surface area contributed by atoms with Crippen molar-refractivity contribution >= 4 is 7.85 Å². The number of ether oxygens (including phenoxy) is 1. The quantitative estimate of drug-likeness (QED) is 0.399. The molecule has 0 bridgehead atoms. The molecule has 2 aliphatic rings. The van der Waals surface area contributed by atoms with Crippen LogP contribution in [0.25, 0.3) is 0 Å². The van der Waals surface area contributed by atoms with Gasteiger partial charge in [-0.05, 0) is 37.5 Å². The molecule has 2 rings (SSSR count). The molecule has 0 heterocycles. The molecule has 2 aliphatic carbocycles. The van der Waals surface area contributed by atoms with Crippen molar-refractivity contribution < 1.29 is 9.13 Å². The topological polar surface area (TPSA) is 21.3 Å². The summed E-state index contributed by atoms with van der Waals surface area (Å²) in [5.41, 5.74) is 0. The van der Waals surface area contributed by atoms with E-state index in [4.69, 9.17) is 12.6 Å². The van der Waals surface area contributed by atoms with Gasteiger partial charge in [-0.2, -0.15) is 0 Å². The number of nitrogens with one attached hydrogen (secondary N) is 1. The van der Waals surface area contributed by atoms with E-state index in [2.05, 4.69) is 19.2 Å². The summed E-state index contributed by atoms with van der Waals surface area (Å²) in [5.74, 6) is 2.88. The fraction of sp³-hybridized carbons (Fsp3) is 1.00. The summed E-state index contributed by atoms with van der Waals surface area (Å²) in [6, 6.07) is 0. The van der Waals surface area contributed by atoms with Crippen molar-refractivity contribution in [2.24, 2.45) is 23.7 Å². The van der Waals surface area contributed by atoms with Crippen LogP contribution in [0.15, 0.2) is 0 Å². The molecule has 6 atom stereocenters. The summed E-state index contributed by atoms with van der Waals surface area (Å²) in [7, 11) is 5.48. The van der Waals surface area contributed by atoms with Gasteiger partial charge in [0.25, 0.3) is 0 Å². The van der Waals surface area contributed by atoms with E-state index in [1.807, 2.05) is 0 Å². The standard InChI is InChI=1S/C13H23BFNO/c1-8(4-3-5-14)17-13(16-7-15)12-9(2)10-6-11(10)12/h8-13,16H,3-7H2,1-2H3. The molecule has 0 aromatic rings. The Bertz CT molecular complexity index is 254. The number of hydrogen-bond donors (Lipinski definition) is 1. The number of rotatable bonds is 8. The average Bonchev–Trinajstić information content (AvgIpc) is 3.01. The van der Waals surface area contributed by atoms with Gasteiger partial charge in [0.05, 0.1) is 14.0 Å². The molecule has 0 spiro atoms. The molecule has 1 N–H and O–H groups in total. The van der Waals surface area contributed by atoms with Crippen molar-refractivity contribution in [2.45, 2.75) is 51.8 Å². The van der Waals surface area contributed by atoms with Crippen LogP contribution in [-0.2, 0) is 4.74 Å². The number of hydrogen-bond acceptors (Lipinski definition) is 2. The van der Waals surface area contributed by atoms with Gasteiger partial charge in [-0.15, -0.1) is 0 Å². The summed E-state index contributed by atoms with van der Waals surface area (Å²) in [4.78, 5) is 0. The van der Waals surface area contributed by atoms with Gasteiger partial charge in [0.2, 0.25) is 0 Å². The molecule has 2 saturated carbocycles. The van der Waals surface area contributed by atoms with E-state index in [0.717, 1.165) is 24.7 Å². The first kappa shape index (κ1) is 13.3. The Morgan fingerprint density at radius 1 is 1.47 bits per heavy atom. The zero-order chi connectivity index (χ0) is 12.4. The first-order valence-corrected chi connectivity index (χ1v) is 6.84. The van der Waals surface area contributed by atoms with Gasteiger partial charge in [-0.1, -0.05) is 19.7 Å². The lowest BCUT2D eigenvalue weighted by Crippen LogP contribution is -2.48. The van der Waals surface area contributed by atoms with E-state index in [1.165, 1.54) is 6.42 Å². The van der Waals surface area contributed by atoms with Gasteiger partial charge in [0.15, 0.2) is 0 Å². The maximum Gasteiger partial charge on any atom is 0.142 e. The largest absolute Gasteiger partial charge is 0.360 e. The molecular formula is C13H23BFNO. The minimum atomic E-state index is -0.505. The predicted molar refractivity (Wildman–Crippen MR) is 67.5 cm³/mol. The predicted octanol–water partition coefficient (Wildman–Crippen LogP) is 2.50. The first-order chi connectivity index (χ1) is 8.19. The fourth-order valence-corrected chi connectivity index (χ4v) is 3.39. The Labute approximate surface area is 105 Å². The lowest BCUT2D eigenvalue weighted by Gasteiger charge is -2.40. The van der Waals surface area contributed by atoms with E-state index < -0.39 is 6.80 Å². The Morgan fingerprint density at radius 2 is 2.24 bits per heavy atom. The van der Waals surface area contributed by atoms with Crippen LogP contribution in [0.3, 0.4) is 0 Å². The van der Waals surface area contributed by atoms with Crippen LogP contribution >= 0.6 is 0 Å². The zero-order valence-corrected chi connectivity index (χ0v) is 10.9. The molecule has 17 heavy (non-hydrogen) atoms. The molecular weight excluding hydrogens is 216 g/mol. The van der Waals surface area contributed by atoms with E-state index >= 15 is 0 Å². The minimum Gasteiger partial charge on any atom is -0.360 e. The zero-order valence-electron chi connectivity index (χ0n) is 10.9. The van der Waals surface area contributed by atoms with E-state index in [9.17, 15) is 4.39 Å². The number of halogens is 1. The SMILES string of the molecule is [B]CCCC(C)OC(NCF)C1C(C)C2CC21.